The van der Waals surface area contributed by atoms with E-state index in [0.717, 1.165) is 31.2 Å². The topological polar surface area (TPSA) is 84.0 Å². The molecular weight excluding hydrogens is 328 g/mol. The number of amides is 2. The average Bonchev–Trinajstić information content (AvgIpc) is 2.95. The first-order valence-electron chi connectivity index (χ1n) is 9.15. The number of carbonyl (C=O) groups excluding carboxylic acids is 2. The molecule has 0 aliphatic heterocycles. The molecule has 1 fully saturated rings. The third-order valence-electron chi connectivity index (χ3n) is 4.63. The SMILES string of the molecule is O=C(NCc1cccnc1)c1cncc(C(=O)NC2CCCCCC2)c1. The first-order chi connectivity index (χ1) is 12.7. The van der Waals surface area contributed by atoms with Crippen LogP contribution in [0.3, 0.4) is 0 Å². The Morgan fingerprint density at radius 3 is 2.38 bits per heavy atom. The molecule has 136 valence electrons. The summed E-state index contributed by atoms with van der Waals surface area (Å²) in [4.78, 5) is 32.9. The zero-order chi connectivity index (χ0) is 18.2. The highest BCUT2D eigenvalue weighted by atomic mass is 16.2. The number of hydrogen-bond donors (Lipinski definition) is 2. The second-order valence-electron chi connectivity index (χ2n) is 6.67. The number of rotatable bonds is 5. The van der Waals surface area contributed by atoms with Crippen molar-refractivity contribution in [2.75, 3.05) is 0 Å². The molecular formula is C20H24N4O2. The molecule has 1 aliphatic rings. The standard InChI is InChI=1S/C20H24N4O2/c25-19(23-12-15-6-5-9-21-11-15)16-10-17(14-22-13-16)20(26)24-18-7-3-1-2-4-8-18/h5-6,9-11,13-14,18H,1-4,7-8,12H2,(H,23,25)(H,24,26). The van der Waals surface area contributed by atoms with E-state index in [9.17, 15) is 9.59 Å². The summed E-state index contributed by atoms with van der Waals surface area (Å²) in [5.41, 5.74) is 1.71. The van der Waals surface area contributed by atoms with E-state index in [2.05, 4.69) is 20.6 Å². The normalized spacial score (nSPS) is 15.1. The van der Waals surface area contributed by atoms with E-state index in [1.807, 2.05) is 12.1 Å². The lowest BCUT2D eigenvalue weighted by Gasteiger charge is -2.16. The monoisotopic (exact) mass is 352 g/mol. The summed E-state index contributed by atoms with van der Waals surface area (Å²) in [6, 6.07) is 5.52. The molecule has 3 rings (SSSR count). The van der Waals surface area contributed by atoms with Crippen LogP contribution in [0.15, 0.2) is 43.0 Å². The maximum Gasteiger partial charge on any atom is 0.253 e. The highest BCUT2D eigenvalue weighted by Crippen LogP contribution is 2.17. The zero-order valence-electron chi connectivity index (χ0n) is 14.8. The van der Waals surface area contributed by atoms with Crippen molar-refractivity contribution in [3.8, 4) is 0 Å². The predicted octanol–water partition coefficient (Wildman–Crippen LogP) is 2.86. The summed E-state index contributed by atoms with van der Waals surface area (Å²) in [5, 5.41) is 5.90. The molecule has 26 heavy (non-hydrogen) atoms. The maximum atomic E-state index is 12.5. The van der Waals surface area contributed by atoms with Crippen molar-refractivity contribution in [2.24, 2.45) is 0 Å². The molecule has 1 aliphatic carbocycles. The fourth-order valence-corrected chi connectivity index (χ4v) is 3.17. The molecule has 2 N–H and O–H groups in total. The van der Waals surface area contributed by atoms with Crippen molar-refractivity contribution in [1.29, 1.82) is 0 Å². The highest BCUT2D eigenvalue weighted by molar-refractivity contribution is 5.99. The lowest BCUT2D eigenvalue weighted by atomic mass is 10.1. The molecule has 0 saturated heterocycles. The number of aromatic nitrogens is 2. The lowest BCUT2D eigenvalue weighted by Crippen LogP contribution is -2.34. The first kappa shape index (κ1) is 18.0. The Balaban J connectivity index is 1.59. The van der Waals surface area contributed by atoms with E-state index in [4.69, 9.17) is 0 Å². The van der Waals surface area contributed by atoms with E-state index in [1.54, 1.807) is 18.5 Å². The van der Waals surface area contributed by atoms with Gasteiger partial charge in [0.15, 0.2) is 0 Å². The van der Waals surface area contributed by atoms with Gasteiger partial charge >= 0.3 is 0 Å². The summed E-state index contributed by atoms with van der Waals surface area (Å²) in [6.45, 7) is 0.380. The minimum atomic E-state index is -0.259. The van der Waals surface area contributed by atoms with Gasteiger partial charge in [-0.1, -0.05) is 31.7 Å². The Kier molecular flexibility index (Phi) is 6.30. The van der Waals surface area contributed by atoms with Crippen LogP contribution in [0, 0.1) is 0 Å². The van der Waals surface area contributed by atoms with Crippen LogP contribution in [0.25, 0.3) is 0 Å². The van der Waals surface area contributed by atoms with Gasteiger partial charge in [-0.05, 0) is 30.5 Å². The quantitative estimate of drug-likeness (QED) is 0.811. The van der Waals surface area contributed by atoms with Gasteiger partial charge in [0.1, 0.15) is 0 Å². The summed E-state index contributed by atoms with van der Waals surface area (Å²) in [5.74, 6) is -0.420. The van der Waals surface area contributed by atoms with Gasteiger partial charge in [-0.25, -0.2) is 0 Å². The Hall–Kier alpha value is -2.76. The molecule has 0 radical (unpaired) electrons. The fourth-order valence-electron chi connectivity index (χ4n) is 3.17. The predicted molar refractivity (Wildman–Crippen MR) is 98.6 cm³/mol. The smallest absolute Gasteiger partial charge is 0.253 e. The van der Waals surface area contributed by atoms with Gasteiger partial charge in [-0.15, -0.1) is 0 Å². The van der Waals surface area contributed by atoms with E-state index >= 15 is 0 Å². The van der Waals surface area contributed by atoms with E-state index in [1.165, 1.54) is 25.2 Å². The van der Waals surface area contributed by atoms with Crippen molar-refractivity contribution in [1.82, 2.24) is 20.6 Å². The Morgan fingerprint density at radius 1 is 0.962 bits per heavy atom. The molecule has 2 heterocycles. The van der Waals surface area contributed by atoms with E-state index < -0.39 is 0 Å². The molecule has 0 spiro atoms. The van der Waals surface area contributed by atoms with E-state index in [-0.39, 0.29) is 17.9 Å². The zero-order valence-corrected chi connectivity index (χ0v) is 14.8. The van der Waals surface area contributed by atoms with Crippen LogP contribution in [0.2, 0.25) is 0 Å². The van der Waals surface area contributed by atoms with Crippen molar-refractivity contribution >= 4 is 11.8 Å². The fraction of sp³-hybridized carbons (Fsp3) is 0.400. The van der Waals surface area contributed by atoms with Crippen molar-refractivity contribution in [3.63, 3.8) is 0 Å². The second kappa shape index (κ2) is 9.08. The summed E-state index contributed by atoms with van der Waals surface area (Å²) < 4.78 is 0. The van der Waals surface area contributed by atoms with Crippen molar-refractivity contribution in [3.05, 3.63) is 59.7 Å². The van der Waals surface area contributed by atoms with Crippen LogP contribution < -0.4 is 10.6 Å². The summed E-state index contributed by atoms with van der Waals surface area (Å²) >= 11 is 0. The summed E-state index contributed by atoms with van der Waals surface area (Å²) in [7, 11) is 0. The third-order valence-corrected chi connectivity index (χ3v) is 4.63. The molecule has 0 aromatic carbocycles. The third kappa shape index (κ3) is 5.12. The number of pyridine rings is 2. The number of nitrogens with zero attached hydrogens (tertiary/aromatic N) is 2. The van der Waals surface area contributed by atoms with Crippen LogP contribution >= 0.6 is 0 Å². The minimum Gasteiger partial charge on any atom is -0.349 e. The van der Waals surface area contributed by atoms with Gasteiger partial charge in [-0.2, -0.15) is 0 Å². The molecule has 0 bridgehead atoms. The van der Waals surface area contributed by atoms with Gasteiger partial charge in [-0.3, -0.25) is 19.6 Å². The average molecular weight is 352 g/mol. The highest BCUT2D eigenvalue weighted by Gasteiger charge is 2.17. The van der Waals surface area contributed by atoms with Gasteiger partial charge in [0.25, 0.3) is 11.8 Å². The molecule has 0 atom stereocenters. The van der Waals surface area contributed by atoms with Crippen LogP contribution in [-0.4, -0.2) is 27.8 Å². The Labute approximate surface area is 153 Å². The molecule has 6 nitrogen and oxygen atoms in total. The van der Waals surface area contributed by atoms with Crippen LogP contribution in [-0.2, 0) is 6.54 Å². The Morgan fingerprint density at radius 2 is 1.69 bits per heavy atom. The van der Waals surface area contributed by atoms with Crippen molar-refractivity contribution < 1.29 is 9.59 Å². The molecule has 2 amide bonds. The second-order valence-corrected chi connectivity index (χ2v) is 6.67. The molecule has 2 aromatic heterocycles. The Bertz CT molecular complexity index is 740. The molecule has 0 unspecified atom stereocenters. The van der Waals surface area contributed by atoms with Crippen LogP contribution in [0.5, 0.6) is 0 Å². The van der Waals surface area contributed by atoms with Gasteiger partial charge in [0.2, 0.25) is 0 Å². The number of hydrogen-bond acceptors (Lipinski definition) is 4. The maximum absolute atomic E-state index is 12.5. The minimum absolute atomic E-state index is 0.161. The van der Waals surface area contributed by atoms with Crippen LogP contribution in [0.4, 0.5) is 0 Å². The molecule has 6 heteroatoms. The molecule has 1 saturated carbocycles. The molecule has 2 aromatic rings. The van der Waals surface area contributed by atoms with Gasteiger partial charge < -0.3 is 10.6 Å². The van der Waals surface area contributed by atoms with Gasteiger partial charge in [0, 0.05) is 37.4 Å². The van der Waals surface area contributed by atoms with Crippen molar-refractivity contribution in [2.45, 2.75) is 51.1 Å². The van der Waals surface area contributed by atoms with Crippen LogP contribution in [0.1, 0.15) is 64.8 Å². The number of nitrogens with one attached hydrogen (secondary N) is 2. The first-order valence-corrected chi connectivity index (χ1v) is 9.15. The lowest BCUT2D eigenvalue weighted by molar-refractivity contribution is 0.0933. The largest absolute Gasteiger partial charge is 0.349 e. The summed E-state index contributed by atoms with van der Waals surface area (Å²) in [6.07, 6.45) is 13.2. The number of carbonyl (C=O) groups is 2. The van der Waals surface area contributed by atoms with E-state index in [0.29, 0.717) is 17.7 Å². The van der Waals surface area contributed by atoms with Gasteiger partial charge in [0.05, 0.1) is 11.1 Å².